The summed E-state index contributed by atoms with van der Waals surface area (Å²) in [6.45, 7) is 0.137. The molecule has 1 heterocycles. The molecular formula is C7H11N5OS. The first kappa shape index (κ1) is 9.20. The van der Waals surface area contributed by atoms with Crippen LogP contribution < -0.4 is 11.1 Å². The number of rotatable bonds is 3. The van der Waals surface area contributed by atoms with E-state index in [1.807, 2.05) is 0 Å². The number of hydrogen-bond donors (Lipinski definition) is 3. The third-order valence-corrected chi connectivity index (χ3v) is 2.34. The Morgan fingerprint density at radius 3 is 3.00 bits per heavy atom. The van der Waals surface area contributed by atoms with Gasteiger partial charge < -0.3 is 11.1 Å². The van der Waals surface area contributed by atoms with Crippen molar-refractivity contribution < 1.29 is 4.79 Å². The quantitative estimate of drug-likeness (QED) is 0.607. The van der Waals surface area contributed by atoms with Gasteiger partial charge in [-0.25, -0.2) is 5.10 Å². The largest absolute Gasteiger partial charge is 0.368 e. The lowest BCUT2D eigenvalue weighted by Crippen LogP contribution is -2.29. The van der Waals surface area contributed by atoms with E-state index in [1.165, 1.54) is 4.57 Å². The fraction of sp³-hybridized carbons (Fsp3) is 0.571. The maximum atomic E-state index is 11.4. The van der Waals surface area contributed by atoms with Crippen molar-refractivity contribution in [1.82, 2.24) is 20.1 Å². The normalized spacial score (nSPS) is 15.4. The maximum Gasteiger partial charge on any atom is 0.240 e. The van der Waals surface area contributed by atoms with Crippen LogP contribution in [0.2, 0.25) is 0 Å². The van der Waals surface area contributed by atoms with Crippen LogP contribution in [0.5, 0.6) is 0 Å². The molecule has 4 N–H and O–H groups in total. The molecule has 76 valence electrons. The van der Waals surface area contributed by atoms with Gasteiger partial charge in [0.1, 0.15) is 6.54 Å². The van der Waals surface area contributed by atoms with Gasteiger partial charge in [0.2, 0.25) is 11.9 Å². The zero-order valence-corrected chi connectivity index (χ0v) is 8.30. The lowest BCUT2D eigenvalue weighted by molar-refractivity contribution is -0.121. The summed E-state index contributed by atoms with van der Waals surface area (Å²) in [7, 11) is 0. The van der Waals surface area contributed by atoms with Crippen molar-refractivity contribution in [3.63, 3.8) is 0 Å². The highest BCUT2D eigenvalue weighted by Crippen LogP contribution is 2.18. The zero-order valence-electron chi connectivity index (χ0n) is 7.49. The van der Waals surface area contributed by atoms with Crippen molar-refractivity contribution in [2.24, 2.45) is 0 Å². The summed E-state index contributed by atoms with van der Waals surface area (Å²) in [6.07, 6.45) is 2.13. The number of aromatic amines is 1. The molecule has 0 atom stereocenters. The van der Waals surface area contributed by atoms with E-state index < -0.39 is 0 Å². The number of hydrogen-bond acceptors (Lipinski definition) is 4. The number of carbonyl (C=O) groups is 1. The highest BCUT2D eigenvalue weighted by atomic mass is 32.1. The SMILES string of the molecule is Nc1n[nH]c(=S)n1CC(=O)NC1CC1. The molecule has 14 heavy (non-hydrogen) atoms. The molecule has 0 aromatic carbocycles. The van der Waals surface area contributed by atoms with Crippen molar-refractivity contribution in [2.45, 2.75) is 25.4 Å². The van der Waals surface area contributed by atoms with E-state index in [1.54, 1.807) is 0 Å². The van der Waals surface area contributed by atoms with Crippen LogP contribution in [0.3, 0.4) is 0 Å². The highest BCUT2D eigenvalue weighted by Gasteiger charge is 2.23. The van der Waals surface area contributed by atoms with Crippen molar-refractivity contribution in [3.05, 3.63) is 4.77 Å². The lowest BCUT2D eigenvalue weighted by atomic mass is 10.5. The number of aromatic nitrogens is 3. The van der Waals surface area contributed by atoms with Gasteiger partial charge in [-0.1, -0.05) is 0 Å². The first-order chi connectivity index (χ1) is 6.66. The third kappa shape index (κ3) is 1.92. The van der Waals surface area contributed by atoms with E-state index in [0.29, 0.717) is 10.8 Å². The Kier molecular flexibility index (Phi) is 2.24. The molecule has 1 aromatic heterocycles. The minimum Gasteiger partial charge on any atom is -0.368 e. The summed E-state index contributed by atoms with van der Waals surface area (Å²) >= 11 is 4.91. The van der Waals surface area contributed by atoms with Crippen LogP contribution in [0.4, 0.5) is 5.95 Å². The second-order valence-corrected chi connectivity index (χ2v) is 3.70. The van der Waals surface area contributed by atoms with Crippen LogP contribution >= 0.6 is 12.2 Å². The summed E-state index contributed by atoms with van der Waals surface area (Å²) < 4.78 is 1.83. The van der Waals surface area contributed by atoms with Crippen LogP contribution in [-0.4, -0.2) is 26.7 Å². The molecule has 1 aromatic rings. The Bertz CT molecular complexity index is 404. The molecule has 1 aliphatic rings. The number of amides is 1. The molecule has 1 fully saturated rings. The third-order valence-electron chi connectivity index (χ3n) is 2.03. The second kappa shape index (κ2) is 3.41. The standard InChI is InChI=1S/C7H11N5OS/c8-6-10-11-7(14)12(6)3-5(13)9-4-1-2-4/h4H,1-3H2,(H2,8,10)(H,9,13)(H,11,14). The van der Waals surface area contributed by atoms with Gasteiger partial charge in [0.15, 0.2) is 4.77 Å². The van der Waals surface area contributed by atoms with Gasteiger partial charge in [-0.2, -0.15) is 0 Å². The van der Waals surface area contributed by atoms with Crippen molar-refractivity contribution in [2.75, 3.05) is 5.73 Å². The van der Waals surface area contributed by atoms with Crippen LogP contribution in [0.15, 0.2) is 0 Å². The summed E-state index contributed by atoms with van der Waals surface area (Å²) in [5.74, 6) is 0.164. The highest BCUT2D eigenvalue weighted by molar-refractivity contribution is 7.71. The molecule has 1 saturated carbocycles. The van der Waals surface area contributed by atoms with E-state index in [0.717, 1.165) is 12.8 Å². The topological polar surface area (TPSA) is 88.7 Å². The molecule has 7 heteroatoms. The van der Waals surface area contributed by atoms with Gasteiger partial charge in [0, 0.05) is 6.04 Å². The van der Waals surface area contributed by atoms with E-state index in [4.69, 9.17) is 18.0 Å². The zero-order chi connectivity index (χ0) is 10.1. The Morgan fingerprint density at radius 1 is 1.79 bits per heavy atom. The van der Waals surface area contributed by atoms with Crippen LogP contribution in [0.25, 0.3) is 0 Å². The summed E-state index contributed by atoms with van der Waals surface area (Å²) in [4.78, 5) is 11.4. The van der Waals surface area contributed by atoms with Gasteiger partial charge in [-0.3, -0.25) is 9.36 Å². The summed E-state index contributed by atoms with van der Waals surface area (Å²) in [5, 5.41) is 9.07. The minimum absolute atomic E-state index is 0.0725. The predicted molar refractivity (Wildman–Crippen MR) is 53.0 cm³/mol. The average Bonchev–Trinajstić information content (AvgIpc) is 2.88. The first-order valence-corrected chi connectivity index (χ1v) is 4.77. The molecule has 0 aliphatic heterocycles. The molecule has 0 bridgehead atoms. The number of H-pyrrole nitrogens is 1. The number of nitrogen functional groups attached to an aromatic ring is 1. The van der Waals surface area contributed by atoms with Crippen LogP contribution in [0.1, 0.15) is 12.8 Å². The van der Waals surface area contributed by atoms with Gasteiger partial charge in [0.05, 0.1) is 0 Å². The maximum absolute atomic E-state index is 11.4. The molecule has 0 radical (unpaired) electrons. The summed E-state index contributed by atoms with van der Waals surface area (Å²) in [6, 6.07) is 0.352. The first-order valence-electron chi connectivity index (χ1n) is 4.37. The van der Waals surface area contributed by atoms with E-state index in [-0.39, 0.29) is 18.4 Å². The van der Waals surface area contributed by atoms with Crippen LogP contribution in [-0.2, 0) is 11.3 Å². The number of nitrogens with one attached hydrogen (secondary N) is 2. The van der Waals surface area contributed by atoms with E-state index in [9.17, 15) is 4.79 Å². The Hall–Kier alpha value is -1.37. The number of anilines is 1. The van der Waals surface area contributed by atoms with Gasteiger partial charge in [0.25, 0.3) is 0 Å². The van der Waals surface area contributed by atoms with Gasteiger partial charge >= 0.3 is 0 Å². The number of carbonyl (C=O) groups excluding carboxylic acids is 1. The fourth-order valence-electron chi connectivity index (χ4n) is 1.13. The molecule has 2 rings (SSSR count). The Labute approximate surface area is 85.5 Å². The molecule has 0 spiro atoms. The van der Waals surface area contributed by atoms with Crippen molar-refractivity contribution in [3.8, 4) is 0 Å². The van der Waals surface area contributed by atoms with Crippen molar-refractivity contribution >= 4 is 24.1 Å². The predicted octanol–water partition coefficient (Wildman–Crippen LogP) is -0.199. The Balaban J connectivity index is 2.02. The van der Waals surface area contributed by atoms with E-state index >= 15 is 0 Å². The second-order valence-electron chi connectivity index (χ2n) is 3.31. The lowest BCUT2D eigenvalue weighted by Gasteiger charge is -2.04. The number of nitrogens with two attached hydrogens (primary N) is 1. The minimum atomic E-state index is -0.0725. The average molecular weight is 213 g/mol. The summed E-state index contributed by atoms with van der Waals surface area (Å²) in [5.41, 5.74) is 5.51. The molecule has 0 saturated heterocycles. The molecule has 0 unspecified atom stereocenters. The number of nitrogens with zero attached hydrogens (tertiary/aromatic N) is 2. The molecule has 6 nitrogen and oxygen atoms in total. The van der Waals surface area contributed by atoms with Gasteiger partial charge in [-0.05, 0) is 25.1 Å². The van der Waals surface area contributed by atoms with Gasteiger partial charge in [-0.15, -0.1) is 5.10 Å². The molecule has 1 amide bonds. The van der Waals surface area contributed by atoms with E-state index in [2.05, 4.69) is 15.5 Å². The fourth-order valence-corrected chi connectivity index (χ4v) is 1.33. The monoisotopic (exact) mass is 213 g/mol. The van der Waals surface area contributed by atoms with Crippen LogP contribution in [0, 0.1) is 4.77 Å². The smallest absolute Gasteiger partial charge is 0.240 e. The Morgan fingerprint density at radius 2 is 2.50 bits per heavy atom. The molecular weight excluding hydrogens is 202 g/mol. The van der Waals surface area contributed by atoms with Crippen molar-refractivity contribution in [1.29, 1.82) is 0 Å². The molecule has 1 aliphatic carbocycles.